The van der Waals surface area contributed by atoms with Crippen molar-refractivity contribution < 1.29 is 4.58 Å². The van der Waals surface area contributed by atoms with Crippen molar-refractivity contribution in [3.05, 3.63) is 131 Å². The Morgan fingerprint density at radius 1 is 0.650 bits per heavy atom. The van der Waals surface area contributed by atoms with Crippen LogP contribution in [0.3, 0.4) is 0 Å². The van der Waals surface area contributed by atoms with Crippen LogP contribution in [0.25, 0.3) is 11.1 Å². The van der Waals surface area contributed by atoms with Gasteiger partial charge in [0.2, 0.25) is 0 Å². The zero-order chi connectivity index (χ0) is 28.6. The minimum absolute atomic E-state index is 1.00. The van der Waals surface area contributed by atoms with Crippen LogP contribution in [0.4, 0.5) is 11.4 Å². The van der Waals surface area contributed by atoms with E-state index < -0.39 is 0 Å². The lowest BCUT2D eigenvalue weighted by Crippen LogP contribution is -2.21. The molecule has 0 fully saturated rings. The van der Waals surface area contributed by atoms with Crippen LogP contribution in [0.15, 0.2) is 109 Å². The maximum atomic E-state index is 2.39. The van der Waals surface area contributed by atoms with Gasteiger partial charge in [0.25, 0.3) is 0 Å². The molecule has 0 aromatic heterocycles. The van der Waals surface area contributed by atoms with Crippen LogP contribution in [-0.4, -0.2) is 51.6 Å². The molecule has 3 nitrogen and oxygen atoms in total. The molecule has 0 spiro atoms. The summed E-state index contributed by atoms with van der Waals surface area (Å²) in [6.07, 6.45) is 12.3. The van der Waals surface area contributed by atoms with E-state index in [-0.39, 0.29) is 0 Å². The first kappa shape index (κ1) is 28.9. The summed E-state index contributed by atoms with van der Waals surface area (Å²) in [4.78, 5) is 4.53. The molecule has 0 amide bonds. The third-order valence-corrected chi connectivity index (χ3v) is 7.66. The zero-order valence-corrected chi connectivity index (χ0v) is 25.3. The van der Waals surface area contributed by atoms with Gasteiger partial charge in [-0.1, -0.05) is 55.5 Å². The van der Waals surface area contributed by atoms with E-state index in [1.165, 1.54) is 56.1 Å². The number of rotatable bonds is 9. The molecule has 0 saturated heterocycles. The van der Waals surface area contributed by atoms with Crippen molar-refractivity contribution in [2.45, 2.75) is 27.2 Å². The van der Waals surface area contributed by atoms with E-state index in [4.69, 9.17) is 0 Å². The average molecular weight is 531 g/mol. The van der Waals surface area contributed by atoms with Crippen molar-refractivity contribution in [3.63, 3.8) is 0 Å². The molecule has 206 valence electrons. The molecule has 3 aromatic carbocycles. The SMILES string of the molecule is CCc1ccc(C(=CC(=C2C=CC(=[N+](C)C)C=C2)c2ccc(N(C)C)cc2)c2ccc(N(CC)CC)cc2)cc1. The highest BCUT2D eigenvalue weighted by Crippen LogP contribution is 2.33. The Balaban J connectivity index is 1.92. The molecule has 0 saturated carbocycles. The molecule has 0 heterocycles. The van der Waals surface area contributed by atoms with Gasteiger partial charge >= 0.3 is 0 Å². The number of nitrogens with zero attached hydrogens (tertiary/aromatic N) is 3. The molecular formula is C37H44N3+. The number of anilines is 2. The van der Waals surface area contributed by atoms with E-state index in [2.05, 4.69) is 167 Å². The fourth-order valence-electron chi connectivity index (χ4n) is 5.05. The molecule has 0 unspecified atom stereocenters. The number of hydrogen-bond acceptors (Lipinski definition) is 2. The minimum atomic E-state index is 1.00. The molecule has 0 atom stereocenters. The van der Waals surface area contributed by atoms with Crippen LogP contribution < -0.4 is 9.80 Å². The van der Waals surface area contributed by atoms with Gasteiger partial charge in [-0.3, -0.25) is 0 Å². The van der Waals surface area contributed by atoms with Crippen molar-refractivity contribution in [3.8, 4) is 0 Å². The fourth-order valence-corrected chi connectivity index (χ4v) is 5.05. The van der Waals surface area contributed by atoms with Gasteiger partial charge in [0, 0.05) is 50.7 Å². The zero-order valence-electron chi connectivity index (χ0n) is 25.3. The Kier molecular flexibility index (Phi) is 9.60. The first-order valence-corrected chi connectivity index (χ1v) is 14.4. The Hall–Kier alpha value is -4.11. The lowest BCUT2D eigenvalue weighted by molar-refractivity contribution is -0.462. The highest BCUT2D eigenvalue weighted by Gasteiger charge is 2.14. The van der Waals surface area contributed by atoms with Crippen LogP contribution in [0, 0.1) is 0 Å². The van der Waals surface area contributed by atoms with E-state index in [1.54, 1.807) is 0 Å². The summed E-state index contributed by atoms with van der Waals surface area (Å²) in [5, 5.41) is 0. The molecule has 0 bridgehead atoms. The summed E-state index contributed by atoms with van der Waals surface area (Å²) in [6, 6.07) is 27.0. The van der Waals surface area contributed by atoms with Crippen molar-refractivity contribution >= 4 is 28.2 Å². The molecule has 0 aliphatic heterocycles. The predicted octanol–water partition coefficient (Wildman–Crippen LogP) is 7.89. The van der Waals surface area contributed by atoms with E-state index in [0.29, 0.717) is 0 Å². The first-order chi connectivity index (χ1) is 19.3. The summed E-state index contributed by atoms with van der Waals surface area (Å²) in [7, 11) is 8.33. The highest BCUT2D eigenvalue weighted by molar-refractivity contribution is 6.04. The summed E-state index contributed by atoms with van der Waals surface area (Å²) in [6.45, 7) is 8.63. The van der Waals surface area contributed by atoms with Gasteiger partial charge in [-0.15, -0.1) is 0 Å². The Morgan fingerprint density at radius 2 is 1.15 bits per heavy atom. The quantitative estimate of drug-likeness (QED) is 0.260. The van der Waals surface area contributed by atoms with Crippen molar-refractivity contribution in [2.75, 3.05) is 51.1 Å². The minimum Gasteiger partial charge on any atom is -0.378 e. The predicted molar refractivity (Wildman–Crippen MR) is 176 cm³/mol. The Bertz CT molecular complexity index is 1420. The second kappa shape index (κ2) is 13.3. The van der Waals surface area contributed by atoms with Gasteiger partial charge in [0.05, 0.1) is 0 Å². The number of aryl methyl sites for hydroxylation is 1. The van der Waals surface area contributed by atoms with E-state index in [9.17, 15) is 0 Å². The topological polar surface area (TPSA) is 9.49 Å². The van der Waals surface area contributed by atoms with Gasteiger partial charge < -0.3 is 9.80 Å². The molecule has 40 heavy (non-hydrogen) atoms. The second-order valence-electron chi connectivity index (χ2n) is 10.6. The Labute approximate surface area is 241 Å². The molecule has 4 rings (SSSR count). The monoisotopic (exact) mass is 530 g/mol. The van der Waals surface area contributed by atoms with Crippen LogP contribution >= 0.6 is 0 Å². The van der Waals surface area contributed by atoms with Gasteiger partial charge in [0.1, 0.15) is 14.1 Å². The van der Waals surface area contributed by atoms with Gasteiger partial charge in [-0.05, 0) is 102 Å². The van der Waals surface area contributed by atoms with E-state index >= 15 is 0 Å². The molecule has 0 radical (unpaired) electrons. The molecule has 1 aliphatic rings. The lowest BCUT2D eigenvalue weighted by atomic mass is 9.89. The fraction of sp³-hybridized carbons (Fsp3) is 0.270. The van der Waals surface area contributed by atoms with Gasteiger partial charge in [-0.2, -0.15) is 0 Å². The molecule has 1 aliphatic carbocycles. The van der Waals surface area contributed by atoms with Crippen LogP contribution in [0.2, 0.25) is 0 Å². The largest absolute Gasteiger partial charge is 0.378 e. The maximum Gasteiger partial charge on any atom is 0.199 e. The number of hydrogen-bond donors (Lipinski definition) is 0. The van der Waals surface area contributed by atoms with Crippen molar-refractivity contribution in [2.24, 2.45) is 0 Å². The standard InChI is InChI=1S/C37H44N3/c1-8-28-11-13-29(14-12-28)36(32-19-25-35(26-20-32)40(9-2)10-3)27-37(30-15-21-33(22-16-30)38(4)5)31-17-23-34(24-18-31)39(6)7/h11-27H,8-10H2,1-7H3/q+1. The summed E-state index contributed by atoms with van der Waals surface area (Å²) < 4.78 is 2.14. The van der Waals surface area contributed by atoms with Crippen LogP contribution in [0.1, 0.15) is 43.0 Å². The third kappa shape index (κ3) is 6.71. The summed E-state index contributed by atoms with van der Waals surface area (Å²) in [5.41, 5.74) is 12.3. The van der Waals surface area contributed by atoms with Gasteiger partial charge in [-0.25, -0.2) is 4.58 Å². The van der Waals surface area contributed by atoms with Crippen molar-refractivity contribution in [1.82, 2.24) is 0 Å². The second-order valence-corrected chi connectivity index (χ2v) is 10.6. The summed E-state index contributed by atoms with van der Waals surface area (Å²) in [5.74, 6) is 0. The van der Waals surface area contributed by atoms with Gasteiger partial charge in [0.15, 0.2) is 5.71 Å². The van der Waals surface area contributed by atoms with Crippen LogP contribution in [-0.2, 0) is 6.42 Å². The normalized spacial score (nSPS) is 13.0. The first-order valence-electron chi connectivity index (χ1n) is 14.4. The maximum absolute atomic E-state index is 2.39. The molecule has 3 aromatic rings. The highest BCUT2D eigenvalue weighted by atomic mass is 15.1. The molecular weight excluding hydrogens is 486 g/mol. The molecule has 3 heteroatoms. The number of allylic oxidation sites excluding steroid dienone is 7. The Morgan fingerprint density at radius 3 is 1.62 bits per heavy atom. The van der Waals surface area contributed by atoms with E-state index in [1.807, 2.05) is 0 Å². The van der Waals surface area contributed by atoms with Crippen molar-refractivity contribution in [1.29, 1.82) is 0 Å². The smallest absolute Gasteiger partial charge is 0.199 e. The third-order valence-electron chi connectivity index (χ3n) is 7.66. The average Bonchev–Trinajstić information content (AvgIpc) is 2.99. The summed E-state index contributed by atoms with van der Waals surface area (Å²) >= 11 is 0. The molecule has 0 N–H and O–H groups in total. The van der Waals surface area contributed by atoms with E-state index in [0.717, 1.165) is 19.5 Å². The lowest BCUT2D eigenvalue weighted by Gasteiger charge is -2.21. The number of benzene rings is 3. The van der Waals surface area contributed by atoms with Crippen LogP contribution in [0.5, 0.6) is 0 Å².